The van der Waals surface area contributed by atoms with E-state index in [1.165, 1.54) is 0 Å². The highest BCUT2D eigenvalue weighted by Crippen LogP contribution is 2.36. The van der Waals surface area contributed by atoms with E-state index in [0.29, 0.717) is 31.1 Å². The van der Waals surface area contributed by atoms with Crippen LogP contribution in [0.25, 0.3) is 0 Å². The Kier molecular flexibility index (Phi) is 11.4. The highest BCUT2D eigenvalue weighted by molar-refractivity contribution is 5.82. The molecule has 0 amide bonds. The summed E-state index contributed by atoms with van der Waals surface area (Å²) in [5, 5.41) is 9.36. The zero-order valence-corrected chi connectivity index (χ0v) is 20.3. The molecule has 0 spiro atoms. The summed E-state index contributed by atoms with van der Waals surface area (Å²) >= 11 is 0. The number of carbonyl (C=O) groups excluding carboxylic acids is 2. The molecule has 0 heterocycles. The largest absolute Gasteiger partial charge is 0.481 e. The molecular formula is C27H40O6. The topological polar surface area (TPSA) is 89.9 Å². The van der Waals surface area contributed by atoms with Crippen LogP contribution in [0, 0.1) is 23.7 Å². The molecule has 1 fully saturated rings. The van der Waals surface area contributed by atoms with Crippen LogP contribution in [0.5, 0.6) is 0 Å². The van der Waals surface area contributed by atoms with Crippen LogP contribution in [0.2, 0.25) is 0 Å². The second kappa shape index (κ2) is 14.0. The number of carboxylic acids is 1. The molecule has 5 atom stereocenters. The van der Waals surface area contributed by atoms with E-state index in [4.69, 9.17) is 9.47 Å². The normalized spacial score (nSPS) is 22.2. The number of rotatable bonds is 13. The molecule has 184 valence electrons. The molecule has 0 aromatic heterocycles. The van der Waals surface area contributed by atoms with Crippen LogP contribution in [0.3, 0.4) is 0 Å². The fourth-order valence-corrected chi connectivity index (χ4v) is 4.73. The van der Waals surface area contributed by atoms with Gasteiger partial charge in [-0.2, -0.15) is 0 Å². The third kappa shape index (κ3) is 9.18. The first-order chi connectivity index (χ1) is 15.8. The molecule has 0 radical (unpaired) electrons. The highest BCUT2D eigenvalue weighted by Gasteiger charge is 2.41. The number of unbranched alkanes of at least 4 members (excludes halogenated alkanes) is 1. The van der Waals surface area contributed by atoms with Gasteiger partial charge >= 0.3 is 17.9 Å². The van der Waals surface area contributed by atoms with Crippen molar-refractivity contribution in [2.45, 2.75) is 91.3 Å². The maximum atomic E-state index is 13.2. The lowest BCUT2D eigenvalue weighted by Gasteiger charge is -2.33. The van der Waals surface area contributed by atoms with E-state index in [-0.39, 0.29) is 19.0 Å². The highest BCUT2D eigenvalue weighted by atomic mass is 16.5. The molecule has 0 aliphatic heterocycles. The number of aliphatic carboxylic acids is 1. The minimum Gasteiger partial charge on any atom is -0.481 e. The van der Waals surface area contributed by atoms with Gasteiger partial charge in [-0.15, -0.1) is 0 Å². The average Bonchev–Trinajstić information content (AvgIpc) is 2.80. The van der Waals surface area contributed by atoms with E-state index in [2.05, 4.69) is 20.8 Å². The van der Waals surface area contributed by atoms with Gasteiger partial charge in [0.15, 0.2) is 0 Å². The number of esters is 2. The Labute approximate surface area is 198 Å². The van der Waals surface area contributed by atoms with Crippen LogP contribution in [-0.2, 0) is 30.5 Å². The van der Waals surface area contributed by atoms with E-state index in [1.54, 1.807) is 0 Å². The van der Waals surface area contributed by atoms with Gasteiger partial charge in [0.1, 0.15) is 12.7 Å². The van der Waals surface area contributed by atoms with Gasteiger partial charge in [0.25, 0.3) is 0 Å². The number of carbonyl (C=O) groups is 3. The Morgan fingerprint density at radius 1 is 1.06 bits per heavy atom. The van der Waals surface area contributed by atoms with Crippen molar-refractivity contribution in [3.63, 3.8) is 0 Å². The molecule has 0 saturated heterocycles. The second-order valence-corrected chi connectivity index (χ2v) is 9.53. The third-order valence-corrected chi connectivity index (χ3v) is 6.77. The van der Waals surface area contributed by atoms with Crippen LogP contribution in [0.4, 0.5) is 0 Å². The maximum Gasteiger partial charge on any atom is 0.310 e. The van der Waals surface area contributed by atoms with Crippen molar-refractivity contribution in [1.29, 1.82) is 0 Å². The van der Waals surface area contributed by atoms with Gasteiger partial charge in [0.05, 0.1) is 18.3 Å². The van der Waals surface area contributed by atoms with Gasteiger partial charge in [-0.1, -0.05) is 76.8 Å². The molecule has 2 rings (SSSR count). The van der Waals surface area contributed by atoms with E-state index in [0.717, 1.165) is 37.7 Å². The van der Waals surface area contributed by atoms with Gasteiger partial charge in [-0.05, 0) is 43.1 Å². The molecule has 33 heavy (non-hydrogen) atoms. The fraction of sp³-hybridized carbons (Fsp3) is 0.667. The smallest absolute Gasteiger partial charge is 0.310 e. The van der Waals surface area contributed by atoms with Crippen molar-refractivity contribution in [3.8, 4) is 0 Å². The zero-order valence-electron chi connectivity index (χ0n) is 20.3. The molecule has 1 aromatic rings. The van der Waals surface area contributed by atoms with Crippen molar-refractivity contribution >= 4 is 17.9 Å². The molecule has 1 N–H and O–H groups in total. The third-order valence-electron chi connectivity index (χ3n) is 6.77. The standard InChI is InChI=1S/C27H40O6/c1-4-6-10-20(5-2)16-22(17-25(28)29)33-27(31)24-15-19(3)13-14-23(24)26(30)32-18-21-11-8-7-9-12-21/h7-9,11-12,19-20,22-24H,4-6,10,13-18H2,1-3H3,(H,28,29). The summed E-state index contributed by atoms with van der Waals surface area (Å²) in [6, 6.07) is 9.46. The first kappa shape index (κ1) is 26.9. The summed E-state index contributed by atoms with van der Waals surface area (Å²) < 4.78 is 11.3. The number of hydrogen-bond donors (Lipinski definition) is 1. The van der Waals surface area contributed by atoms with E-state index in [9.17, 15) is 19.5 Å². The minimum atomic E-state index is -0.978. The number of ether oxygens (including phenoxy) is 2. The van der Waals surface area contributed by atoms with E-state index in [1.807, 2.05) is 30.3 Å². The second-order valence-electron chi connectivity index (χ2n) is 9.53. The monoisotopic (exact) mass is 460 g/mol. The molecular weight excluding hydrogens is 420 g/mol. The number of hydrogen-bond acceptors (Lipinski definition) is 5. The van der Waals surface area contributed by atoms with Crippen LogP contribution in [-0.4, -0.2) is 29.1 Å². The average molecular weight is 461 g/mol. The lowest BCUT2D eigenvalue weighted by Crippen LogP contribution is -2.39. The van der Waals surface area contributed by atoms with Crippen LogP contribution >= 0.6 is 0 Å². The molecule has 5 unspecified atom stereocenters. The summed E-state index contributed by atoms with van der Waals surface area (Å²) in [5.41, 5.74) is 0.897. The Bertz CT molecular complexity index is 746. The molecule has 6 nitrogen and oxygen atoms in total. The van der Waals surface area contributed by atoms with Crippen molar-refractivity contribution in [3.05, 3.63) is 35.9 Å². The van der Waals surface area contributed by atoms with Gasteiger partial charge < -0.3 is 14.6 Å². The first-order valence-corrected chi connectivity index (χ1v) is 12.5. The van der Waals surface area contributed by atoms with Crippen LogP contribution < -0.4 is 0 Å². The quantitative estimate of drug-likeness (QED) is 0.376. The summed E-state index contributed by atoms with van der Waals surface area (Å²) in [4.78, 5) is 37.5. The first-order valence-electron chi connectivity index (χ1n) is 12.5. The molecule has 0 bridgehead atoms. The summed E-state index contributed by atoms with van der Waals surface area (Å²) in [6.45, 7) is 6.45. The van der Waals surface area contributed by atoms with Gasteiger partial charge in [-0.25, -0.2) is 0 Å². The van der Waals surface area contributed by atoms with Gasteiger partial charge in [0, 0.05) is 0 Å². The lowest BCUT2D eigenvalue weighted by molar-refractivity contribution is -0.169. The van der Waals surface area contributed by atoms with Crippen LogP contribution in [0.1, 0.15) is 84.1 Å². The Morgan fingerprint density at radius 2 is 1.79 bits per heavy atom. The Balaban J connectivity index is 2.05. The van der Waals surface area contributed by atoms with Gasteiger partial charge in [-0.3, -0.25) is 14.4 Å². The summed E-state index contributed by atoms with van der Waals surface area (Å²) in [7, 11) is 0. The van der Waals surface area contributed by atoms with Crippen molar-refractivity contribution < 1.29 is 29.0 Å². The van der Waals surface area contributed by atoms with Crippen molar-refractivity contribution in [2.24, 2.45) is 23.7 Å². The maximum absolute atomic E-state index is 13.2. The molecule has 1 aliphatic carbocycles. The van der Waals surface area contributed by atoms with Crippen molar-refractivity contribution in [1.82, 2.24) is 0 Å². The fourth-order valence-electron chi connectivity index (χ4n) is 4.73. The van der Waals surface area contributed by atoms with E-state index < -0.39 is 29.9 Å². The molecule has 1 aliphatic rings. The van der Waals surface area contributed by atoms with E-state index >= 15 is 0 Å². The van der Waals surface area contributed by atoms with Gasteiger partial charge in [0.2, 0.25) is 0 Å². The molecule has 1 saturated carbocycles. The Morgan fingerprint density at radius 3 is 2.42 bits per heavy atom. The predicted molar refractivity (Wildman–Crippen MR) is 126 cm³/mol. The number of carboxylic acid groups (broad SMARTS) is 1. The SMILES string of the molecule is CCCCC(CC)CC(CC(=O)O)OC(=O)C1CC(C)CCC1C(=O)OCc1ccccc1. The minimum absolute atomic E-state index is 0.171. The lowest BCUT2D eigenvalue weighted by atomic mass is 9.74. The molecule has 1 aromatic carbocycles. The van der Waals surface area contributed by atoms with Crippen LogP contribution in [0.15, 0.2) is 30.3 Å². The zero-order chi connectivity index (χ0) is 24.2. The predicted octanol–water partition coefficient (Wildman–Crippen LogP) is 5.78. The summed E-state index contributed by atoms with van der Waals surface area (Å²) in [6.07, 6.45) is 5.70. The Hall–Kier alpha value is -2.37. The van der Waals surface area contributed by atoms with Crippen molar-refractivity contribution in [2.75, 3.05) is 0 Å². The number of benzene rings is 1. The molecule has 6 heteroatoms. The summed E-state index contributed by atoms with van der Waals surface area (Å²) in [5.74, 6) is -2.34.